The van der Waals surface area contributed by atoms with E-state index in [1.165, 1.54) is 0 Å². The maximum Gasteiger partial charge on any atom is 0.227 e. The van der Waals surface area contributed by atoms with E-state index in [4.69, 9.17) is 9.47 Å². The number of rotatable bonds is 9. The van der Waals surface area contributed by atoms with E-state index in [0.717, 1.165) is 58.2 Å². The summed E-state index contributed by atoms with van der Waals surface area (Å²) in [5.74, 6) is 0.216. The van der Waals surface area contributed by atoms with Crippen LogP contribution in [-0.4, -0.2) is 51.5 Å². The summed E-state index contributed by atoms with van der Waals surface area (Å²) in [7, 11) is 0. The van der Waals surface area contributed by atoms with E-state index in [1.54, 1.807) is 0 Å². The van der Waals surface area contributed by atoms with Crippen molar-refractivity contribution in [2.45, 2.75) is 51.6 Å². The smallest absolute Gasteiger partial charge is 0.227 e. The van der Waals surface area contributed by atoms with Crippen molar-refractivity contribution in [2.24, 2.45) is 5.41 Å². The Balaban J connectivity index is 1.55. The molecule has 0 saturated carbocycles. The average molecular weight is 298 g/mol. The third-order valence-electron chi connectivity index (χ3n) is 4.53. The number of nitrogens with one attached hydrogen (secondary N) is 2. The SMILES string of the molecule is CCCC1(C(=O)NCCCOCC2CCCO2)CCNC1. The number of hydrogen-bond acceptors (Lipinski definition) is 4. The van der Waals surface area contributed by atoms with Gasteiger partial charge in [0.1, 0.15) is 0 Å². The summed E-state index contributed by atoms with van der Waals surface area (Å²) in [5, 5.41) is 6.41. The highest BCUT2D eigenvalue weighted by molar-refractivity contribution is 5.83. The van der Waals surface area contributed by atoms with Gasteiger partial charge >= 0.3 is 0 Å². The van der Waals surface area contributed by atoms with Crippen LogP contribution >= 0.6 is 0 Å². The Labute approximate surface area is 128 Å². The van der Waals surface area contributed by atoms with Crippen LogP contribution < -0.4 is 10.6 Å². The van der Waals surface area contributed by atoms with E-state index < -0.39 is 0 Å². The maximum absolute atomic E-state index is 12.4. The Kier molecular flexibility index (Phi) is 6.93. The molecule has 0 bridgehead atoms. The topological polar surface area (TPSA) is 59.6 Å². The predicted octanol–water partition coefficient (Wildman–Crippen LogP) is 1.47. The van der Waals surface area contributed by atoms with Crippen molar-refractivity contribution in [3.8, 4) is 0 Å². The molecule has 2 aliphatic heterocycles. The lowest BCUT2D eigenvalue weighted by molar-refractivity contribution is -0.130. The first-order valence-electron chi connectivity index (χ1n) is 8.45. The molecule has 122 valence electrons. The van der Waals surface area contributed by atoms with Crippen LogP contribution in [0.3, 0.4) is 0 Å². The van der Waals surface area contributed by atoms with Crippen molar-refractivity contribution in [3.63, 3.8) is 0 Å². The summed E-state index contributed by atoms with van der Waals surface area (Å²) >= 11 is 0. The summed E-state index contributed by atoms with van der Waals surface area (Å²) in [6.07, 6.45) is 6.41. The molecule has 21 heavy (non-hydrogen) atoms. The van der Waals surface area contributed by atoms with Crippen molar-refractivity contribution in [1.82, 2.24) is 10.6 Å². The van der Waals surface area contributed by atoms with Crippen molar-refractivity contribution < 1.29 is 14.3 Å². The minimum Gasteiger partial charge on any atom is -0.379 e. The number of carbonyl (C=O) groups is 1. The first-order chi connectivity index (χ1) is 10.3. The zero-order chi connectivity index (χ0) is 15.0. The minimum atomic E-state index is -0.173. The minimum absolute atomic E-state index is 0.173. The second-order valence-corrected chi connectivity index (χ2v) is 6.28. The van der Waals surface area contributed by atoms with Crippen LogP contribution in [-0.2, 0) is 14.3 Å². The van der Waals surface area contributed by atoms with Gasteiger partial charge in [0, 0.05) is 26.3 Å². The van der Waals surface area contributed by atoms with Crippen molar-refractivity contribution in [2.75, 3.05) is 39.5 Å². The van der Waals surface area contributed by atoms with Gasteiger partial charge in [-0.3, -0.25) is 4.79 Å². The standard InChI is InChI=1S/C16H30N2O3/c1-2-6-16(7-9-17-13-16)15(19)18-8-4-10-20-12-14-5-3-11-21-14/h14,17H,2-13H2,1H3,(H,18,19). The van der Waals surface area contributed by atoms with Gasteiger partial charge < -0.3 is 20.1 Å². The normalized spacial score (nSPS) is 28.9. The fourth-order valence-corrected chi connectivity index (χ4v) is 3.30. The van der Waals surface area contributed by atoms with E-state index in [-0.39, 0.29) is 17.4 Å². The van der Waals surface area contributed by atoms with Crippen LogP contribution in [0.25, 0.3) is 0 Å². The summed E-state index contributed by atoms with van der Waals surface area (Å²) in [4.78, 5) is 12.4. The lowest BCUT2D eigenvalue weighted by Crippen LogP contribution is -2.43. The molecular formula is C16H30N2O3. The second-order valence-electron chi connectivity index (χ2n) is 6.28. The fourth-order valence-electron chi connectivity index (χ4n) is 3.30. The summed E-state index contributed by atoms with van der Waals surface area (Å²) < 4.78 is 11.1. The maximum atomic E-state index is 12.4. The second kappa shape index (κ2) is 8.71. The third-order valence-corrected chi connectivity index (χ3v) is 4.53. The predicted molar refractivity (Wildman–Crippen MR) is 82.2 cm³/mol. The summed E-state index contributed by atoms with van der Waals surface area (Å²) in [6, 6.07) is 0. The number of amides is 1. The molecule has 0 spiro atoms. The molecule has 2 atom stereocenters. The van der Waals surface area contributed by atoms with Crippen LogP contribution in [0.2, 0.25) is 0 Å². The zero-order valence-electron chi connectivity index (χ0n) is 13.3. The van der Waals surface area contributed by atoms with E-state index >= 15 is 0 Å². The molecule has 0 radical (unpaired) electrons. The van der Waals surface area contributed by atoms with E-state index in [1.807, 2.05) is 0 Å². The fraction of sp³-hybridized carbons (Fsp3) is 0.938. The van der Waals surface area contributed by atoms with Gasteiger partial charge in [0.05, 0.1) is 18.1 Å². The Morgan fingerprint density at radius 2 is 2.43 bits per heavy atom. The van der Waals surface area contributed by atoms with Crippen molar-refractivity contribution in [1.29, 1.82) is 0 Å². The molecule has 2 fully saturated rings. The molecule has 0 aromatic carbocycles. The van der Waals surface area contributed by atoms with Crippen LogP contribution in [0.4, 0.5) is 0 Å². The summed E-state index contributed by atoms with van der Waals surface area (Å²) in [6.45, 7) is 6.89. The molecule has 2 saturated heterocycles. The summed E-state index contributed by atoms with van der Waals surface area (Å²) in [5.41, 5.74) is -0.173. The molecule has 2 aliphatic rings. The van der Waals surface area contributed by atoms with E-state index in [0.29, 0.717) is 19.8 Å². The molecule has 5 nitrogen and oxygen atoms in total. The highest BCUT2D eigenvalue weighted by Gasteiger charge is 2.39. The number of carbonyl (C=O) groups excluding carboxylic acids is 1. The molecule has 0 aromatic heterocycles. The van der Waals surface area contributed by atoms with E-state index in [2.05, 4.69) is 17.6 Å². The van der Waals surface area contributed by atoms with Crippen LogP contribution in [0.1, 0.15) is 45.4 Å². The Bertz CT molecular complexity index is 311. The van der Waals surface area contributed by atoms with Crippen molar-refractivity contribution in [3.05, 3.63) is 0 Å². The monoisotopic (exact) mass is 298 g/mol. The molecule has 5 heteroatoms. The van der Waals surface area contributed by atoms with Gasteiger partial charge in [-0.25, -0.2) is 0 Å². The van der Waals surface area contributed by atoms with Gasteiger partial charge in [-0.05, 0) is 38.6 Å². The van der Waals surface area contributed by atoms with Gasteiger partial charge in [-0.15, -0.1) is 0 Å². The quantitative estimate of drug-likeness (QED) is 0.633. The highest BCUT2D eigenvalue weighted by atomic mass is 16.5. The molecule has 0 aromatic rings. The molecule has 0 aliphatic carbocycles. The Hall–Kier alpha value is -0.650. The van der Waals surface area contributed by atoms with Gasteiger partial charge in [-0.2, -0.15) is 0 Å². The Morgan fingerprint density at radius 1 is 1.52 bits per heavy atom. The number of hydrogen-bond donors (Lipinski definition) is 2. The van der Waals surface area contributed by atoms with Crippen molar-refractivity contribution >= 4 is 5.91 Å². The van der Waals surface area contributed by atoms with Gasteiger partial charge in [0.25, 0.3) is 0 Å². The number of ether oxygens (including phenoxy) is 2. The van der Waals surface area contributed by atoms with Gasteiger partial charge in [0.2, 0.25) is 5.91 Å². The molecule has 2 unspecified atom stereocenters. The van der Waals surface area contributed by atoms with Gasteiger partial charge in [0.15, 0.2) is 0 Å². The molecule has 2 N–H and O–H groups in total. The lowest BCUT2D eigenvalue weighted by atomic mass is 9.81. The first-order valence-corrected chi connectivity index (χ1v) is 8.45. The zero-order valence-corrected chi connectivity index (χ0v) is 13.3. The van der Waals surface area contributed by atoms with E-state index in [9.17, 15) is 4.79 Å². The highest BCUT2D eigenvalue weighted by Crippen LogP contribution is 2.31. The van der Waals surface area contributed by atoms with Crippen LogP contribution in [0.15, 0.2) is 0 Å². The largest absolute Gasteiger partial charge is 0.379 e. The first kappa shape index (κ1) is 16.7. The molecule has 2 heterocycles. The Morgan fingerprint density at radius 3 is 3.10 bits per heavy atom. The average Bonchev–Trinajstić information content (AvgIpc) is 3.15. The molecular weight excluding hydrogens is 268 g/mol. The van der Waals surface area contributed by atoms with Crippen LogP contribution in [0.5, 0.6) is 0 Å². The molecule has 2 rings (SSSR count). The molecule has 1 amide bonds. The van der Waals surface area contributed by atoms with Gasteiger partial charge in [-0.1, -0.05) is 13.3 Å². The van der Waals surface area contributed by atoms with Crippen LogP contribution in [0, 0.1) is 5.41 Å². The lowest BCUT2D eigenvalue weighted by Gasteiger charge is -2.26. The third kappa shape index (κ3) is 4.94.